The molecular formula is C12H25NO5. The Labute approximate surface area is 109 Å². The molecule has 0 radical (unpaired) electrons. The summed E-state index contributed by atoms with van der Waals surface area (Å²) < 4.78 is 20.3. The van der Waals surface area contributed by atoms with E-state index in [1.54, 1.807) is 20.8 Å². The first-order chi connectivity index (χ1) is 8.45. The Hall–Kier alpha value is -0.850. The number of likely N-dealkylation sites (N-methyl/N-ethyl adjacent to an activating group) is 1. The molecule has 0 bridgehead atoms. The summed E-state index contributed by atoms with van der Waals surface area (Å²) in [5.41, 5.74) is -0.529. The molecule has 6 nitrogen and oxygen atoms in total. The molecule has 0 unspecified atom stereocenters. The van der Waals surface area contributed by atoms with Gasteiger partial charge in [0.15, 0.2) is 0 Å². The van der Waals surface area contributed by atoms with Crippen molar-refractivity contribution < 1.29 is 23.7 Å². The molecule has 0 fully saturated rings. The molecule has 0 aliphatic carbocycles. The van der Waals surface area contributed by atoms with Crippen molar-refractivity contribution in [3.63, 3.8) is 0 Å². The van der Waals surface area contributed by atoms with Crippen LogP contribution in [0.25, 0.3) is 0 Å². The van der Waals surface area contributed by atoms with Crippen LogP contribution in [-0.2, 0) is 18.9 Å². The molecule has 0 saturated carbocycles. The summed E-state index contributed by atoms with van der Waals surface area (Å²) in [6.07, 6.45) is -0.670. The van der Waals surface area contributed by atoms with Crippen LogP contribution in [-0.4, -0.2) is 58.4 Å². The Kier molecular flexibility index (Phi) is 9.63. The highest BCUT2D eigenvalue weighted by Crippen LogP contribution is 2.07. The summed E-state index contributed by atoms with van der Waals surface area (Å²) in [6, 6.07) is 0. The van der Waals surface area contributed by atoms with Gasteiger partial charge in [0.2, 0.25) is 0 Å². The van der Waals surface area contributed by atoms with Crippen molar-refractivity contribution in [2.45, 2.75) is 26.4 Å². The highest BCUT2D eigenvalue weighted by atomic mass is 16.7. The smallest absolute Gasteiger partial charge is 0.432 e. The summed E-state index contributed by atoms with van der Waals surface area (Å²) in [5.74, 6) is 0. The van der Waals surface area contributed by atoms with Crippen molar-refractivity contribution in [2.24, 2.45) is 0 Å². The van der Waals surface area contributed by atoms with Gasteiger partial charge in [0.25, 0.3) is 0 Å². The molecule has 1 N–H and O–H groups in total. The van der Waals surface area contributed by atoms with E-state index in [1.165, 1.54) is 0 Å². The third-order valence-corrected chi connectivity index (χ3v) is 1.71. The molecule has 0 aromatic heterocycles. The van der Waals surface area contributed by atoms with E-state index in [-0.39, 0.29) is 6.61 Å². The van der Waals surface area contributed by atoms with Gasteiger partial charge in [-0.2, -0.15) is 0 Å². The molecule has 0 aliphatic heterocycles. The first-order valence-corrected chi connectivity index (χ1v) is 6.11. The Morgan fingerprint density at radius 2 is 1.56 bits per heavy atom. The van der Waals surface area contributed by atoms with E-state index < -0.39 is 11.8 Å². The van der Waals surface area contributed by atoms with Gasteiger partial charge in [-0.1, -0.05) is 0 Å². The number of hydrogen-bond acceptors (Lipinski definition) is 6. The first-order valence-electron chi connectivity index (χ1n) is 6.11. The Morgan fingerprint density at radius 3 is 2.11 bits per heavy atom. The quantitative estimate of drug-likeness (QED) is 0.498. The molecule has 0 rings (SSSR count). The molecule has 6 heteroatoms. The zero-order valence-corrected chi connectivity index (χ0v) is 11.8. The Morgan fingerprint density at radius 1 is 1.00 bits per heavy atom. The third-order valence-electron chi connectivity index (χ3n) is 1.71. The average molecular weight is 263 g/mol. The van der Waals surface area contributed by atoms with E-state index in [9.17, 15) is 4.79 Å². The fraction of sp³-hybridized carbons (Fsp3) is 0.917. The molecule has 0 aromatic rings. The SMILES string of the molecule is CNCCOCCOCCOC(=O)OC(C)(C)C. The van der Waals surface area contributed by atoms with Crippen LogP contribution in [0.15, 0.2) is 0 Å². The maximum absolute atomic E-state index is 11.1. The minimum absolute atomic E-state index is 0.186. The van der Waals surface area contributed by atoms with Crippen LogP contribution in [0.5, 0.6) is 0 Å². The number of nitrogens with one attached hydrogen (secondary N) is 1. The van der Waals surface area contributed by atoms with Gasteiger partial charge in [0, 0.05) is 6.54 Å². The summed E-state index contributed by atoms with van der Waals surface area (Å²) in [6.45, 7) is 8.39. The molecular weight excluding hydrogens is 238 g/mol. The summed E-state index contributed by atoms with van der Waals surface area (Å²) in [5, 5.41) is 2.97. The van der Waals surface area contributed by atoms with Crippen LogP contribution in [0, 0.1) is 0 Å². The molecule has 18 heavy (non-hydrogen) atoms. The molecule has 0 saturated heterocycles. The van der Waals surface area contributed by atoms with E-state index in [0.717, 1.165) is 6.54 Å². The van der Waals surface area contributed by atoms with Crippen molar-refractivity contribution in [3.8, 4) is 0 Å². The van der Waals surface area contributed by atoms with Gasteiger partial charge in [0.05, 0.1) is 26.4 Å². The van der Waals surface area contributed by atoms with E-state index in [2.05, 4.69) is 5.32 Å². The van der Waals surface area contributed by atoms with Gasteiger partial charge < -0.3 is 24.3 Å². The molecule has 0 spiro atoms. The predicted molar refractivity (Wildman–Crippen MR) is 67.8 cm³/mol. The van der Waals surface area contributed by atoms with E-state index in [4.69, 9.17) is 18.9 Å². The van der Waals surface area contributed by atoms with Gasteiger partial charge in [-0.3, -0.25) is 0 Å². The maximum atomic E-state index is 11.1. The topological polar surface area (TPSA) is 66.0 Å². The Bertz CT molecular complexity index is 215. The van der Waals surface area contributed by atoms with Crippen LogP contribution >= 0.6 is 0 Å². The van der Waals surface area contributed by atoms with Gasteiger partial charge in [0.1, 0.15) is 12.2 Å². The lowest BCUT2D eigenvalue weighted by Crippen LogP contribution is -2.25. The fourth-order valence-corrected chi connectivity index (χ4v) is 0.960. The molecule has 0 amide bonds. The normalized spacial score (nSPS) is 11.3. The predicted octanol–water partition coefficient (Wildman–Crippen LogP) is 1.19. The zero-order valence-electron chi connectivity index (χ0n) is 11.8. The van der Waals surface area contributed by atoms with Crippen molar-refractivity contribution in [1.82, 2.24) is 5.32 Å². The zero-order chi connectivity index (χ0) is 13.9. The summed E-state index contributed by atoms with van der Waals surface area (Å²) in [7, 11) is 1.87. The molecule has 0 aromatic carbocycles. The lowest BCUT2D eigenvalue weighted by molar-refractivity contribution is -0.0233. The number of ether oxygens (including phenoxy) is 4. The molecule has 0 heterocycles. The second kappa shape index (κ2) is 10.1. The average Bonchev–Trinajstić information content (AvgIpc) is 2.24. The Balaban J connectivity index is 3.23. The van der Waals surface area contributed by atoms with Gasteiger partial charge in [-0.05, 0) is 27.8 Å². The maximum Gasteiger partial charge on any atom is 0.508 e. The lowest BCUT2D eigenvalue weighted by atomic mass is 10.2. The molecule has 108 valence electrons. The monoisotopic (exact) mass is 263 g/mol. The van der Waals surface area contributed by atoms with Crippen molar-refractivity contribution in [2.75, 3.05) is 46.6 Å². The van der Waals surface area contributed by atoms with Crippen LogP contribution in [0.3, 0.4) is 0 Å². The van der Waals surface area contributed by atoms with Crippen LogP contribution in [0.1, 0.15) is 20.8 Å². The van der Waals surface area contributed by atoms with Gasteiger partial charge in [-0.15, -0.1) is 0 Å². The largest absolute Gasteiger partial charge is 0.508 e. The highest BCUT2D eigenvalue weighted by Gasteiger charge is 2.16. The number of hydrogen-bond donors (Lipinski definition) is 1. The third kappa shape index (κ3) is 13.2. The van der Waals surface area contributed by atoms with E-state index in [1.807, 2.05) is 7.05 Å². The lowest BCUT2D eigenvalue weighted by Gasteiger charge is -2.18. The number of rotatable bonds is 9. The standard InChI is InChI=1S/C12H25NO5/c1-12(2,3)18-11(14)17-10-9-16-8-7-15-6-5-13-4/h13H,5-10H2,1-4H3. The van der Waals surface area contributed by atoms with E-state index >= 15 is 0 Å². The summed E-state index contributed by atoms with van der Waals surface area (Å²) >= 11 is 0. The summed E-state index contributed by atoms with van der Waals surface area (Å²) in [4.78, 5) is 11.1. The highest BCUT2D eigenvalue weighted by molar-refractivity contribution is 5.60. The second-order valence-electron chi connectivity index (χ2n) is 4.64. The second-order valence-corrected chi connectivity index (χ2v) is 4.64. The van der Waals surface area contributed by atoms with Crippen molar-refractivity contribution >= 4 is 6.16 Å². The van der Waals surface area contributed by atoms with Crippen LogP contribution < -0.4 is 5.32 Å². The minimum atomic E-state index is -0.670. The number of carbonyl (C=O) groups excluding carboxylic acids is 1. The first kappa shape index (κ1) is 17.2. The van der Waals surface area contributed by atoms with Gasteiger partial charge in [-0.25, -0.2) is 4.79 Å². The number of carbonyl (C=O) groups is 1. The molecule has 0 aliphatic rings. The van der Waals surface area contributed by atoms with Crippen molar-refractivity contribution in [3.05, 3.63) is 0 Å². The molecule has 0 atom stereocenters. The minimum Gasteiger partial charge on any atom is -0.432 e. The van der Waals surface area contributed by atoms with Crippen LogP contribution in [0.2, 0.25) is 0 Å². The van der Waals surface area contributed by atoms with E-state index in [0.29, 0.717) is 26.4 Å². The van der Waals surface area contributed by atoms with Crippen molar-refractivity contribution in [1.29, 1.82) is 0 Å². The van der Waals surface area contributed by atoms with Crippen LogP contribution in [0.4, 0.5) is 4.79 Å². The van der Waals surface area contributed by atoms with Gasteiger partial charge >= 0.3 is 6.16 Å². The fourth-order valence-electron chi connectivity index (χ4n) is 0.960.